The van der Waals surface area contributed by atoms with Crippen molar-refractivity contribution in [1.29, 1.82) is 0 Å². The molecule has 1 rings (SSSR count). The van der Waals surface area contributed by atoms with Crippen LogP contribution in [0, 0.1) is 5.92 Å². The van der Waals surface area contributed by atoms with Crippen molar-refractivity contribution in [3.05, 3.63) is 0 Å². The second-order valence-electron chi connectivity index (χ2n) is 6.68. The van der Waals surface area contributed by atoms with Gasteiger partial charge in [-0.25, -0.2) is 0 Å². The van der Waals surface area contributed by atoms with E-state index in [2.05, 4.69) is 47.7 Å². The van der Waals surface area contributed by atoms with Gasteiger partial charge in [0.2, 0.25) is 0 Å². The van der Waals surface area contributed by atoms with Gasteiger partial charge in [0.1, 0.15) is 6.10 Å². The zero-order valence-corrected chi connectivity index (χ0v) is 13.3. The minimum atomic E-state index is -1.84. The Kier molecular flexibility index (Phi) is 4.45. The summed E-state index contributed by atoms with van der Waals surface area (Å²) in [5.74, 6) is 0.268. The Morgan fingerprint density at radius 3 is 2.18 bits per heavy atom. The Morgan fingerprint density at radius 2 is 1.82 bits per heavy atom. The van der Waals surface area contributed by atoms with Crippen molar-refractivity contribution in [1.82, 2.24) is 0 Å². The molecule has 1 aliphatic rings. The Bertz CT molecular complexity index is 260. The van der Waals surface area contributed by atoms with E-state index < -0.39 is 14.6 Å². The second kappa shape index (κ2) is 5.00. The highest BCUT2D eigenvalue weighted by Crippen LogP contribution is 2.40. The normalized spacial score (nSPS) is 35.3. The van der Waals surface area contributed by atoms with E-state index in [0.29, 0.717) is 0 Å². The maximum Gasteiger partial charge on any atom is 0.192 e. The molecule has 102 valence electrons. The van der Waals surface area contributed by atoms with Crippen LogP contribution in [0.3, 0.4) is 0 Å². The van der Waals surface area contributed by atoms with Crippen molar-refractivity contribution in [3.63, 3.8) is 0 Å². The van der Waals surface area contributed by atoms with Crippen LogP contribution in [0.2, 0.25) is 18.1 Å². The van der Waals surface area contributed by atoms with Crippen molar-refractivity contribution in [2.75, 3.05) is 0 Å². The molecular weight excluding hydrogens is 232 g/mol. The minimum absolute atomic E-state index is 0.125. The van der Waals surface area contributed by atoms with Crippen molar-refractivity contribution in [2.45, 2.75) is 77.7 Å². The number of hydrogen-bond donors (Lipinski definition) is 1. The molecule has 1 saturated heterocycles. The van der Waals surface area contributed by atoms with Crippen LogP contribution in [0.5, 0.6) is 0 Å². The Hall–Kier alpha value is 0.0969. The van der Waals surface area contributed by atoms with Crippen molar-refractivity contribution >= 4 is 8.32 Å². The first-order valence-electron chi connectivity index (χ1n) is 6.61. The summed E-state index contributed by atoms with van der Waals surface area (Å²) in [6.45, 7) is 15.3. The van der Waals surface area contributed by atoms with E-state index in [-0.39, 0.29) is 23.2 Å². The highest BCUT2D eigenvalue weighted by molar-refractivity contribution is 6.74. The molecule has 0 saturated carbocycles. The largest absolute Gasteiger partial charge is 0.408 e. The van der Waals surface area contributed by atoms with Gasteiger partial charge in [0.05, 0.1) is 6.10 Å². The third-order valence-electron chi connectivity index (χ3n) is 4.34. The van der Waals surface area contributed by atoms with E-state index in [1.165, 1.54) is 0 Å². The molecule has 1 heterocycles. The number of rotatable bonds is 3. The molecule has 0 bridgehead atoms. The van der Waals surface area contributed by atoms with Gasteiger partial charge in [-0.15, -0.1) is 0 Å². The third kappa shape index (κ3) is 3.11. The zero-order chi connectivity index (χ0) is 13.4. The Morgan fingerprint density at radius 1 is 1.29 bits per heavy atom. The molecule has 1 N–H and O–H groups in total. The molecule has 3 nitrogen and oxygen atoms in total. The summed E-state index contributed by atoms with van der Waals surface area (Å²) in [4.78, 5) is 0. The molecule has 0 aromatic rings. The summed E-state index contributed by atoms with van der Waals surface area (Å²) in [6, 6.07) is 0. The molecule has 0 spiro atoms. The summed E-state index contributed by atoms with van der Waals surface area (Å²) in [6.07, 6.45) is 0.125. The van der Waals surface area contributed by atoms with Gasteiger partial charge in [-0.3, -0.25) is 0 Å². The van der Waals surface area contributed by atoms with Crippen LogP contribution < -0.4 is 0 Å². The highest BCUT2D eigenvalue weighted by Gasteiger charge is 2.47. The van der Waals surface area contributed by atoms with Gasteiger partial charge in [0.15, 0.2) is 14.6 Å². The van der Waals surface area contributed by atoms with Crippen molar-refractivity contribution < 1.29 is 14.3 Å². The van der Waals surface area contributed by atoms with Gasteiger partial charge in [0.25, 0.3) is 0 Å². The smallest absolute Gasteiger partial charge is 0.192 e. The van der Waals surface area contributed by atoms with Gasteiger partial charge < -0.3 is 14.3 Å². The lowest BCUT2D eigenvalue weighted by molar-refractivity contribution is -0.123. The fraction of sp³-hybridized carbons (Fsp3) is 1.00. The fourth-order valence-electron chi connectivity index (χ4n) is 2.00. The number of ether oxygens (including phenoxy) is 1. The number of aliphatic hydroxyl groups excluding tert-OH is 1. The molecule has 1 unspecified atom stereocenters. The molecule has 4 atom stereocenters. The minimum Gasteiger partial charge on any atom is -0.408 e. The maximum absolute atomic E-state index is 9.96. The molecule has 0 aromatic heterocycles. The van der Waals surface area contributed by atoms with Gasteiger partial charge in [-0.05, 0) is 24.6 Å². The van der Waals surface area contributed by atoms with E-state index in [0.717, 1.165) is 6.42 Å². The predicted molar refractivity (Wildman–Crippen MR) is 72.4 cm³/mol. The van der Waals surface area contributed by atoms with Gasteiger partial charge in [-0.1, -0.05) is 34.6 Å². The lowest BCUT2D eigenvalue weighted by Gasteiger charge is -2.39. The first-order valence-corrected chi connectivity index (χ1v) is 9.52. The highest BCUT2D eigenvalue weighted by atomic mass is 28.4. The van der Waals surface area contributed by atoms with Gasteiger partial charge in [0, 0.05) is 5.92 Å². The molecule has 0 aromatic carbocycles. The average molecular weight is 260 g/mol. The molecule has 0 aliphatic carbocycles. The van der Waals surface area contributed by atoms with Crippen LogP contribution in [-0.4, -0.2) is 31.9 Å². The molecule has 1 aliphatic heterocycles. The van der Waals surface area contributed by atoms with E-state index in [9.17, 15) is 5.11 Å². The maximum atomic E-state index is 9.96. The second-order valence-corrected chi connectivity index (χ2v) is 11.4. The summed E-state index contributed by atoms with van der Waals surface area (Å²) < 4.78 is 11.8. The quantitative estimate of drug-likeness (QED) is 0.792. The van der Waals surface area contributed by atoms with Crippen LogP contribution in [-0.2, 0) is 9.16 Å². The lowest BCUT2D eigenvalue weighted by atomic mass is 9.99. The van der Waals surface area contributed by atoms with Crippen LogP contribution in [0.25, 0.3) is 0 Å². The molecule has 4 heteroatoms. The summed E-state index contributed by atoms with van der Waals surface area (Å²) >= 11 is 0. The van der Waals surface area contributed by atoms with E-state index >= 15 is 0 Å². The van der Waals surface area contributed by atoms with Crippen LogP contribution in [0.15, 0.2) is 0 Å². The summed E-state index contributed by atoms with van der Waals surface area (Å²) in [5.41, 5.74) is 0. The molecule has 1 fully saturated rings. The van der Waals surface area contributed by atoms with Crippen LogP contribution in [0.1, 0.15) is 41.0 Å². The van der Waals surface area contributed by atoms with Crippen LogP contribution >= 0.6 is 0 Å². The molecule has 17 heavy (non-hydrogen) atoms. The topological polar surface area (TPSA) is 38.7 Å². The standard InChI is InChI=1S/C13H28O3Si/c1-8-10-9(2)11(12(14)15-10)16-17(6,7)13(3,4)5/h9-12,14H,8H2,1-7H3/t9-,10-,11-,12?/m0/s1. The molecule has 0 amide bonds. The van der Waals surface area contributed by atoms with Gasteiger partial charge >= 0.3 is 0 Å². The summed E-state index contributed by atoms with van der Waals surface area (Å²) in [7, 11) is -1.84. The van der Waals surface area contributed by atoms with Crippen LogP contribution in [0.4, 0.5) is 0 Å². The average Bonchev–Trinajstić information content (AvgIpc) is 2.43. The lowest BCUT2D eigenvalue weighted by Crippen LogP contribution is -2.47. The number of aliphatic hydroxyl groups is 1. The fourth-order valence-corrected chi connectivity index (χ4v) is 3.37. The molecule has 0 radical (unpaired) electrons. The first-order chi connectivity index (χ1) is 7.60. The summed E-state index contributed by atoms with van der Waals surface area (Å²) in [5, 5.41) is 10.1. The van der Waals surface area contributed by atoms with E-state index in [1.807, 2.05) is 0 Å². The van der Waals surface area contributed by atoms with Gasteiger partial charge in [-0.2, -0.15) is 0 Å². The SMILES string of the molecule is CC[C@@H]1OC(O)[C@@H](O[Si](C)(C)C(C)(C)C)[C@H]1C. The van der Waals surface area contributed by atoms with Crippen molar-refractivity contribution in [2.24, 2.45) is 5.92 Å². The van der Waals surface area contributed by atoms with E-state index in [1.54, 1.807) is 0 Å². The Balaban J connectivity index is 2.75. The van der Waals surface area contributed by atoms with Crippen molar-refractivity contribution in [3.8, 4) is 0 Å². The van der Waals surface area contributed by atoms with E-state index in [4.69, 9.17) is 9.16 Å². The monoisotopic (exact) mass is 260 g/mol. The zero-order valence-electron chi connectivity index (χ0n) is 12.3. The molecular formula is C13H28O3Si. The predicted octanol–water partition coefficient (Wildman–Crippen LogP) is 3.14. The first kappa shape index (κ1) is 15.2. The Labute approximate surface area is 107 Å². The third-order valence-corrected chi connectivity index (χ3v) is 8.81. The number of hydrogen-bond acceptors (Lipinski definition) is 3.